The zero-order valence-corrected chi connectivity index (χ0v) is 22.5. The monoisotopic (exact) mass is 517 g/mol. The summed E-state index contributed by atoms with van der Waals surface area (Å²) in [5.41, 5.74) is 2.50. The van der Waals surface area contributed by atoms with Crippen LogP contribution in [0.25, 0.3) is 10.2 Å². The Balaban J connectivity index is 1.14. The molecule has 5 nitrogen and oxygen atoms in total. The molecule has 6 rings (SSSR count). The first-order valence-electron chi connectivity index (χ1n) is 14.3. The van der Waals surface area contributed by atoms with Crippen LogP contribution < -0.4 is 0 Å². The minimum absolute atomic E-state index is 0.297. The molecular formula is C31H39N3O2S. The molecule has 0 unspecified atom stereocenters. The number of fused-ring (bicyclic) bond motifs is 1. The fraction of sp³-hybridized carbons (Fsp3) is 0.548. The smallest absolute Gasteiger partial charge is 0.321 e. The molecule has 1 saturated carbocycles. The van der Waals surface area contributed by atoms with Crippen molar-refractivity contribution in [3.05, 3.63) is 65.2 Å². The Kier molecular flexibility index (Phi) is 7.59. The van der Waals surface area contributed by atoms with Gasteiger partial charge in [-0.3, -0.25) is 9.69 Å². The summed E-state index contributed by atoms with van der Waals surface area (Å²) in [7, 11) is 0. The van der Waals surface area contributed by atoms with Gasteiger partial charge in [0.15, 0.2) is 0 Å². The molecule has 3 atom stereocenters. The molecule has 3 aliphatic rings. The largest absolute Gasteiger partial charge is 0.480 e. The highest BCUT2D eigenvalue weighted by atomic mass is 32.1. The van der Waals surface area contributed by atoms with Crippen molar-refractivity contribution in [2.24, 2.45) is 11.8 Å². The predicted molar refractivity (Wildman–Crippen MR) is 150 cm³/mol. The lowest BCUT2D eigenvalue weighted by Crippen LogP contribution is -2.46. The van der Waals surface area contributed by atoms with E-state index in [2.05, 4.69) is 64.4 Å². The molecule has 2 aliphatic heterocycles. The van der Waals surface area contributed by atoms with Gasteiger partial charge in [-0.05, 0) is 68.3 Å². The molecule has 37 heavy (non-hydrogen) atoms. The SMILES string of the molecule is O=C(O)[C@@H](C1CCCCC1)N1C[C@H](CN2CCC(c3nc4ccccc4s3)CC2)[C@@H](c2ccccc2)C1. The van der Waals surface area contributed by atoms with Gasteiger partial charge in [-0.15, -0.1) is 11.3 Å². The van der Waals surface area contributed by atoms with Gasteiger partial charge in [0.05, 0.1) is 15.2 Å². The Hall–Kier alpha value is -2.28. The van der Waals surface area contributed by atoms with Gasteiger partial charge in [-0.25, -0.2) is 4.98 Å². The number of carbonyl (C=O) groups is 1. The number of thiazole rings is 1. The highest BCUT2D eigenvalue weighted by Gasteiger charge is 2.43. The van der Waals surface area contributed by atoms with Crippen molar-refractivity contribution in [2.75, 3.05) is 32.7 Å². The van der Waals surface area contributed by atoms with Gasteiger partial charge in [0.2, 0.25) is 0 Å². The minimum atomic E-state index is -0.615. The quantitative estimate of drug-likeness (QED) is 0.403. The third-order valence-corrected chi connectivity index (χ3v) is 10.4. The van der Waals surface area contributed by atoms with Crippen LogP contribution in [0.2, 0.25) is 0 Å². The van der Waals surface area contributed by atoms with E-state index in [4.69, 9.17) is 4.98 Å². The van der Waals surface area contributed by atoms with Gasteiger partial charge in [0.1, 0.15) is 6.04 Å². The fourth-order valence-electron chi connectivity index (χ4n) is 7.26. The maximum absolute atomic E-state index is 12.5. The molecule has 1 aliphatic carbocycles. The lowest BCUT2D eigenvalue weighted by Gasteiger charge is -2.35. The number of likely N-dealkylation sites (tertiary alicyclic amines) is 2. The van der Waals surface area contributed by atoms with Gasteiger partial charge in [-0.2, -0.15) is 0 Å². The van der Waals surface area contributed by atoms with Crippen molar-refractivity contribution in [2.45, 2.75) is 62.8 Å². The maximum atomic E-state index is 12.5. The zero-order valence-electron chi connectivity index (χ0n) is 21.7. The van der Waals surface area contributed by atoms with E-state index in [1.54, 1.807) is 0 Å². The molecule has 0 spiro atoms. The van der Waals surface area contributed by atoms with E-state index in [1.807, 2.05) is 11.3 Å². The number of nitrogens with zero attached hydrogens (tertiary/aromatic N) is 3. The van der Waals surface area contributed by atoms with Crippen LogP contribution in [0.5, 0.6) is 0 Å². The third kappa shape index (κ3) is 5.47. The maximum Gasteiger partial charge on any atom is 0.321 e. The predicted octanol–water partition coefficient (Wildman–Crippen LogP) is 6.22. The topological polar surface area (TPSA) is 56.7 Å². The molecule has 3 aromatic rings. The van der Waals surface area contributed by atoms with Crippen LogP contribution in [0, 0.1) is 11.8 Å². The molecule has 196 valence electrons. The van der Waals surface area contributed by atoms with Crippen LogP contribution >= 0.6 is 11.3 Å². The number of hydrogen-bond donors (Lipinski definition) is 1. The number of benzene rings is 2. The van der Waals surface area contributed by atoms with Crippen LogP contribution in [0.3, 0.4) is 0 Å². The fourth-order valence-corrected chi connectivity index (χ4v) is 8.40. The van der Waals surface area contributed by atoms with E-state index in [1.165, 1.54) is 34.5 Å². The Labute approximate surface area is 224 Å². The molecule has 2 saturated heterocycles. The number of rotatable bonds is 7. The van der Waals surface area contributed by atoms with Crippen LogP contribution in [-0.4, -0.2) is 64.6 Å². The number of aliphatic carboxylic acids is 1. The molecule has 1 aromatic heterocycles. The number of carboxylic acids is 1. The van der Waals surface area contributed by atoms with Crippen molar-refractivity contribution >= 4 is 27.5 Å². The van der Waals surface area contributed by atoms with Gasteiger partial charge >= 0.3 is 5.97 Å². The lowest BCUT2D eigenvalue weighted by molar-refractivity contribution is -0.145. The summed E-state index contributed by atoms with van der Waals surface area (Å²) in [5.74, 6) is 1.10. The number of piperidine rings is 1. The van der Waals surface area contributed by atoms with Crippen molar-refractivity contribution in [3.8, 4) is 0 Å². The summed E-state index contributed by atoms with van der Waals surface area (Å²) < 4.78 is 1.29. The van der Waals surface area contributed by atoms with Crippen LogP contribution in [0.4, 0.5) is 0 Å². The number of hydrogen-bond acceptors (Lipinski definition) is 5. The van der Waals surface area contributed by atoms with Gasteiger partial charge in [-0.1, -0.05) is 61.7 Å². The minimum Gasteiger partial charge on any atom is -0.480 e. The second-order valence-electron chi connectivity index (χ2n) is 11.5. The molecule has 2 aromatic carbocycles. The third-order valence-electron chi connectivity index (χ3n) is 9.18. The van der Waals surface area contributed by atoms with Crippen molar-refractivity contribution in [3.63, 3.8) is 0 Å². The molecule has 3 heterocycles. The van der Waals surface area contributed by atoms with Crippen molar-refractivity contribution in [1.82, 2.24) is 14.8 Å². The number of aromatic nitrogens is 1. The van der Waals surface area contributed by atoms with Crippen molar-refractivity contribution in [1.29, 1.82) is 0 Å². The summed E-state index contributed by atoms with van der Waals surface area (Å²) in [6.45, 7) is 5.02. The van der Waals surface area contributed by atoms with Gasteiger partial charge in [0.25, 0.3) is 0 Å². The van der Waals surface area contributed by atoms with Crippen LogP contribution in [0.15, 0.2) is 54.6 Å². The first kappa shape index (κ1) is 25.0. The Morgan fingerprint density at radius 1 is 0.946 bits per heavy atom. The Bertz CT molecular complexity index is 1150. The van der Waals surface area contributed by atoms with Gasteiger partial charge < -0.3 is 10.0 Å². The van der Waals surface area contributed by atoms with E-state index >= 15 is 0 Å². The van der Waals surface area contributed by atoms with Crippen LogP contribution in [-0.2, 0) is 4.79 Å². The average Bonchev–Trinajstić information content (AvgIpc) is 3.55. The normalized spacial score (nSPS) is 25.5. The van der Waals surface area contributed by atoms with E-state index in [9.17, 15) is 9.90 Å². The molecule has 1 N–H and O–H groups in total. The summed E-state index contributed by atoms with van der Waals surface area (Å²) >= 11 is 1.86. The van der Waals surface area contributed by atoms with E-state index < -0.39 is 5.97 Å². The molecule has 3 fully saturated rings. The molecule has 0 radical (unpaired) electrons. The van der Waals surface area contributed by atoms with Crippen molar-refractivity contribution < 1.29 is 9.90 Å². The second-order valence-corrected chi connectivity index (χ2v) is 12.6. The zero-order chi connectivity index (χ0) is 25.2. The van der Waals surface area contributed by atoms with Crippen LogP contribution in [0.1, 0.15) is 67.4 Å². The number of para-hydroxylation sites is 1. The molecule has 0 bridgehead atoms. The highest BCUT2D eigenvalue weighted by Crippen LogP contribution is 2.39. The average molecular weight is 518 g/mol. The first-order chi connectivity index (χ1) is 18.2. The highest BCUT2D eigenvalue weighted by molar-refractivity contribution is 7.18. The van der Waals surface area contributed by atoms with E-state index in [0.717, 1.165) is 63.9 Å². The summed E-state index contributed by atoms with van der Waals surface area (Å²) in [6, 6.07) is 19.0. The molecule has 0 amide bonds. The number of carboxylic acid groups (broad SMARTS) is 1. The van der Waals surface area contributed by atoms with Gasteiger partial charge in [0, 0.05) is 31.5 Å². The Morgan fingerprint density at radius 3 is 2.41 bits per heavy atom. The lowest BCUT2D eigenvalue weighted by atomic mass is 9.83. The standard InChI is InChI=1S/C31H39N3O2S/c35-31(36)29(23-11-5-2-6-12-23)34-20-25(26(21-34)22-9-3-1-4-10-22)19-33-17-15-24(16-18-33)30-32-27-13-7-8-14-28(27)37-30/h1,3-4,7-10,13-14,23-26,29H,2,5-6,11-12,15-21H2,(H,35,36)/t25-,26+,29+/m0/s1. The molecule has 6 heteroatoms. The Morgan fingerprint density at radius 2 is 1.68 bits per heavy atom. The van der Waals surface area contributed by atoms with E-state index in [0.29, 0.717) is 23.7 Å². The summed E-state index contributed by atoms with van der Waals surface area (Å²) in [5, 5.41) is 11.6. The summed E-state index contributed by atoms with van der Waals surface area (Å²) in [4.78, 5) is 22.4. The summed E-state index contributed by atoms with van der Waals surface area (Å²) in [6.07, 6.45) is 8.05. The molecular weight excluding hydrogens is 478 g/mol. The second kappa shape index (κ2) is 11.2. The van der Waals surface area contributed by atoms with E-state index in [-0.39, 0.29) is 6.04 Å². The first-order valence-corrected chi connectivity index (χ1v) is 15.1.